The van der Waals surface area contributed by atoms with Crippen LogP contribution in [0, 0.1) is 11.8 Å². The van der Waals surface area contributed by atoms with E-state index >= 15 is 0 Å². The molecule has 0 unspecified atom stereocenters. The zero-order chi connectivity index (χ0) is 30.1. The molecule has 232 valence electrons. The summed E-state index contributed by atoms with van der Waals surface area (Å²) >= 11 is 8.33. The highest BCUT2D eigenvalue weighted by Crippen LogP contribution is 2.41. The maximum absolute atomic E-state index is 12.9. The highest BCUT2D eigenvalue weighted by Gasteiger charge is 2.33. The van der Waals surface area contributed by atoms with E-state index in [-0.39, 0.29) is 17.6 Å². The molecule has 0 spiro atoms. The van der Waals surface area contributed by atoms with Crippen molar-refractivity contribution in [3.63, 3.8) is 0 Å². The van der Waals surface area contributed by atoms with E-state index in [9.17, 15) is 13.2 Å². The molecule has 0 bridgehead atoms. The van der Waals surface area contributed by atoms with Crippen LogP contribution in [-0.4, -0.2) is 50.8 Å². The maximum Gasteiger partial charge on any atom is 0.338 e. The third-order valence-electron chi connectivity index (χ3n) is 7.97. The lowest BCUT2D eigenvalue weighted by molar-refractivity contribution is 0.0459. The highest BCUT2D eigenvalue weighted by atomic mass is 35.5. The molecule has 2 atom stereocenters. The lowest BCUT2D eigenvalue weighted by atomic mass is 9.84. The van der Waals surface area contributed by atoms with Gasteiger partial charge in [0.05, 0.1) is 23.6 Å². The third kappa shape index (κ3) is 10.1. The van der Waals surface area contributed by atoms with Gasteiger partial charge >= 0.3 is 5.97 Å². The fourth-order valence-electron chi connectivity index (χ4n) is 5.46. The molecule has 1 aliphatic heterocycles. The number of anilines is 1. The predicted octanol–water partition coefficient (Wildman–Crippen LogP) is 6.85. The minimum atomic E-state index is -3.37. The molecule has 0 radical (unpaired) electrons. The topological polar surface area (TPSA) is 98.9 Å². The van der Waals surface area contributed by atoms with Crippen molar-refractivity contribution in [2.45, 2.75) is 77.1 Å². The van der Waals surface area contributed by atoms with Crippen LogP contribution in [0.2, 0.25) is 5.02 Å². The Morgan fingerprint density at radius 3 is 2.69 bits per heavy atom. The van der Waals surface area contributed by atoms with Crippen LogP contribution in [-0.2, 0) is 27.8 Å². The standard InChI is InChI=1S/C32H45ClN2O5S2/c1-23(2)21-40-32(36)25-10-13-30-29(19-25)35(15-5-4-8-24-18-28(33)12-9-27(24)22-39-30)20-26-11-14-31(26)41-16-6-3-7-17-42(34,37)38/h9-10,12-13,18-19,23,26,31H,3-8,11,14-17,20-22H2,1-2H3,(H2,34,37,38)/t26-,31-/m1/s1. The number of ether oxygens (including phenoxy) is 2. The van der Waals surface area contributed by atoms with Crippen LogP contribution in [0.1, 0.15) is 80.3 Å². The van der Waals surface area contributed by atoms with Crippen molar-refractivity contribution in [1.82, 2.24) is 0 Å². The van der Waals surface area contributed by atoms with E-state index in [1.54, 1.807) is 6.07 Å². The largest absolute Gasteiger partial charge is 0.487 e. The van der Waals surface area contributed by atoms with E-state index in [4.69, 9.17) is 26.2 Å². The Hall–Kier alpha value is -1.94. The molecule has 0 amide bonds. The molecule has 4 rings (SSSR count). The van der Waals surface area contributed by atoms with Crippen molar-refractivity contribution in [2.75, 3.05) is 36.1 Å². The number of carbonyl (C=O) groups is 1. The van der Waals surface area contributed by atoms with E-state index in [0.29, 0.717) is 36.4 Å². The lowest BCUT2D eigenvalue weighted by Gasteiger charge is -2.41. The number of esters is 1. The molecular weight excluding hydrogens is 592 g/mol. The average molecular weight is 637 g/mol. The average Bonchev–Trinajstić information content (AvgIpc) is 2.96. The molecule has 1 fully saturated rings. The monoisotopic (exact) mass is 636 g/mol. The number of fused-ring (bicyclic) bond motifs is 2. The molecule has 2 N–H and O–H groups in total. The Labute approximate surface area is 260 Å². The number of rotatable bonds is 12. The van der Waals surface area contributed by atoms with Crippen molar-refractivity contribution in [3.05, 3.63) is 58.1 Å². The van der Waals surface area contributed by atoms with E-state index < -0.39 is 10.0 Å². The summed E-state index contributed by atoms with van der Waals surface area (Å²) in [6, 6.07) is 11.7. The Morgan fingerprint density at radius 1 is 1.12 bits per heavy atom. The van der Waals surface area contributed by atoms with Crippen LogP contribution in [0.3, 0.4) is 0 Å². The number of sulfonamides is 1. The Kier molecular flexibility index (Phi) is 12.3. The summed E-state index contributed by atoms with van der Waals surface area (Å²) in [5.41, 5.74) is 3.86. The number of hydrogen-bond donors (Lipinski definition) is 1. The summed E-state index contributed by atoms with van der Waals surface area (Å²) < 4.78 is 34.3. The first-order chi connectivity index (χ1) is 20.1. The number of halogens is 1. The molecule has 2 aromatic rings. The highest BCUT2D eigenvalue weighted by molar-refractivity contribution is 7.99. The summed E-state index contributed by atoms with van der Waals surface area (Å²) in [4.78, 5) is 15.3. The zero-order valence-corrected chi connectivity index (χ0v) is 27.2. The van der Waals surface area contributed by atoms with E-state index in [2.05, 4.69) is 17.0 Å². The fourth-order valence-corrected chi connectivity index (χ4v) is 7.73. The summed E-state index contributed by atoms with van der Waals surface area (Å²) in [5, 5.41) is 6.45. The lowest BCUT2D eigenvalue weighted by Crippen LogP contribution is -2.40. The van der Waals surface area contributed by atoms with Gasteiger partial charge in [-0.2, -0.15) is 11.8 Å². The van der Waals surface area contributed by atoms with Gasteiger partial charge in [-0.15, -0.1) is 0 Å². The Balaban J connectivity index is 1.48. The molecule has 10 heteroatoms. The number of primary sulfonamides is 1. The van der Waals surface area contributed by atoms with Gasteiger partial charge in [-0.3, -0.25) is 0 Å². The van der Waals surface area contributed by atoms with Crippen LogP contribution in [0.5, 0.6) is 5.75 Å². The minimum Gasteiger partial charge on any atom is -0.487 e. The number of nitrogens with two attached hydrogens (primary N) is 1. The molecule has 1 saturated carbocycles. The van der Waals surface area contributed by atoms with Crippen LogP contribution in [0.15, 0.2) is 36.4 Å². The molecule has 0 aromatic heterocycles. The molecular formula is C32H45ClN2O5S2. The van der Waals surface area contributed by atoms with E-state index in [1.165, 1.54) is 18.4 Å². The number of benzene rings is 2. The van der Waals surface area contributed by atoms with Crippen LogP contribution >= 0.6 is 23.4 Å². The Bertz CT molecular complexity index is 1300. The van der Waals surface area contributed by atoms with Crippen molar-refractivity contribution in [2.24, 2.45) is 17.0 Å². The van der Waals surface area contributed by atoms with Gasteiger partial charge in [-0.25, -0.2) is 18.4 Å². The summed E-state index contributed by atoms with van der Waals surface area (Å²) in [6.45, 7) is 6.67. The van der Waals surface area contributed by atoms with Gasteiger partial charge in [0.15, 0.2) is 0 Å². The molecule has 2 aliphatic rings. The summed E-state index contributed by atoms with van der Waals surface area (Å²) in [7, 11) is -3.37. The second-order valence-electron chi connectivity index (χ2n) is 12.0. The zero-order valence-electron chi connectivity index (χ0n) is 24.9. The van der Waals surface area contributed by atoms with Crippen LogP contribution < -0.4 is 14.8 Å². The van der Waals surface area contributed by atoms with Crippen LogP contribution in [0.25, 0.3) is 0 Å². The first kappa shape index (κ1) is 33.0. The number of thioether (sulfide) groups is 1. The Morgan fingerprint density at radius 2 is 1.95 bits per heavy atom. The van der Waals surface area contributed by atoms with Crippen molar-refractivity contribution < 1.29 is 22.7 Å². The van der Waals surface area contributed by atoms with E-state index in [1.807, 2.05) is 43.8 Å². The quantitative estimate of drug-likeness (QED) is 0.201. The SMILES string of the molecule is CC(C)COC(=O)c1ccc2c(c1)N(C[C@H]1CC[C@H]1SCCCCCS(N)(=O)=O)CCCCc1cc(Cl)ccc1CO2. The number of unbranched alkanes of at least 4 members (excludes halogenated alkanes) is 2. The van der Waals surface area contributed by atoms with Gasteiger partial charge in [-0.1, -0.05) is 37.9 Å². The minimum absolute atomic E-state index is 0.0608. The maximum atomic E-state index is 12.9. The van der Waals surface area contributed by atoms with Gasteiger partial charge in [0.2, 0.25) is 10.0 Å². The van der Waals surface area contributed by atoms with Crippen molar-refractivity contribution >= 4 is 45.0 Å². The number of aryl methyl sites for hydroxylation is 1. The second-order valence-corrected chi connectivity index (χ2v) is 15.5. The third-order valence-corrected chi connectivity index (χ3v) is 10.6. The van der Waals surface area contributed by atoms with Crippen molar-refractivity contribution in [1.29, 1.82) is 0 Å². The first-order valence-corrected chi connectivity index (χ1v) is 18.3. The molecule has 2 aromatic carbocycles. The predicted molar refractivity (Wildman–Crippen MR) is 173 cm³/mol. The smallest absolute Gasteiger partial charge is 0.338 e. The first-order valence-electron chi connectivity index (χ1n) is 15.2. The number of carbonyl (C=O) groups excluding carboxylic acids is 1. The van der Waals surface area contributed by atoms with Gasteiger partial charge < -0.3 is 14.4 Å². The van der Waals surface area contributed by atoms with E-state index in [0.717, 1.165) is 73.0 Å². The summed E-state index contributed by atoms with van der Waals surface area (Å²) in [6.07, 6.45) is 7.87. The van der Waals surface area contributed by atoms with Gasteiger partial charge in [0.1, 0.15) is 12.4 Å². The second kappa shape index (κ2) is 15.7. The normalized spacial score (nSPS) is 19.2. The van der Waals surface area contributed by atoms with Gasteiger partial charge in [0, 0.05) is 23.4 Å². The molecule has 7 nitrogen and oxygen atoms in total. The molecule has 1 heterocycles. The number of hydrogen-bond acceptors (Lipinski definition) is 7. The van der Waals surface area contributed by atoms with Gasteiger partial charge in [-0.05, 0) is 104 Å². The fraction of sp³-hybridized carbons (Fsp3) is 0.594. The van der Waals surface area contributed by atoms with Crippen molar-refractivity contribution in [3.8, 4) is 5.75 Å². The summed E-state index contributed by atoms with van der Waals surface area (Å²) in [5.74, 6) is 2.37. The number of nitrogens with zero attached hydrogens (tertiary/aromatic N) is 1. The molecule has 1 aliphatic carbocycles. The molecule has 0 saturated heterocycles. The van der Waals surface area contributed by atoms with Gasteiger partial charge in [0.25, 0.3) is 0 Å². The van der Waals surface area contributed by atoms with Crippen LogP contribution in [0.4, 0.5) is 5.69 Å². The molecule has 42 heavy (non-hydrogen) atoms.